The number of nitro groups is 1. The fraction of sp³-hybridized carbons (Fsp3) is 0.462. The van der Waals surface area contributed by atoms with Crippen LogP contribution in [0.15, 0.2) is 18.2 Å². The van der Waals surface area contributed by atoms with Crippen molar-refractivity contribution in [3.8, 4) is 0 Å². The second kappa shape index (κ2) is 5.26. The van der Waals surface area contributed by atoms with E-state index >= 15 is 0 Å². The molecule has 1 aromatic rings. The summed E-state index contributed by atoms with van der Waals surface area (Å²) in [5.74, 6) is 0. The van der Waals surface area contributed by atoms with Crippen LogP contribution in [-0.2, 0) is 10.2 Å². The number of benzene rings is 1. The van der Waals surface area contributed by atoms with Crippen LogP contribution in [0, 0.1) is 10.1 Å². The van der Waals surface area contributed by atoms with Crippen molar-refractivity contribution in [3.63, 3.8) is 0 Å². The lowest BCUT2D eigenvalue weighted by molar-refractivity contribution is -0.386. The maximum absolute atomic E-state index is 11.0. The van der Waals surface area contributed by atoms with Crippen LogP contribution < -0.4 is 0 Å². The van der Waals surface area contributed by atoms with Gasteiger partial charge in [0.2, 0.25) is 0 Å². The summed E-state index contributed by atoms with van der Waals surface area (Å²) in [7, 11) is 0. The molecule has 1 aromatic carbocycles. The molecule has 1 N–H and O–H groups in total. The molecule has 0 radical (unpaired) electrons. The molecular weight excluding hydrogens is 250 g/mol. The second-order valence-electron chi connectivity index (χ2n) is 5.31. The van der Waals surface area contributed by atoms with Crippen LogP contribution in [-0.4, -0.2) is 16.2 Å². The molecule has 6 heteroatoms. The highest BCUT2D eigenvalue weighted by atomic mass is 16.7. The van der Waals surface area contributed by atoms with Crippen molar-refractivity contribution < 1.29 is 19.6 Å². The van der Waals surface area contributed by atoms with Crippen LogP contribution >= 0.6 is 0 Å². The highest BCUT2D eigenvalue weighted by Crippen LogP contribution is 2.32. The van der Waals surface area contributed by atoms with Gasteiger partial charge < -0.3 is 9.84 Å². The summed E-state index contributed by atoms with van der Waals surface area (Å²) < 4.78 is 4.61. The number of rotatable bonds is 3. The lowest BCUT2D eigenvalue weighted by Crippen LogP contribution is -2.14. The lowest BCUT2D eigenvalue weighted by atomic mass is 9.85. The summed E-state index contributed by atoms with van der Waals surface area (Å²) in [5.41, 5.74) is 0.822. The van der Waals surface area contributed by atoms with Crippen LogP contribution in [0.25, 0.3) is 0 Å². The smallest absolute Gasteiger partial charge is 0.450 e. The number of ether oxygens (including phenoxy) is 1. The average Bonchev–Trinajstić information content (AvgIpc) is 2.25. The maximum Gasteiger partial charge on any atom is 0.506 e. The van der Waals surface area contributed by atoms with Crippen molar-refractivity contribution in [2.24, 2.45) is 0 Å². The zero-order chi connectivity index (χ0) is 14.8. The fourth-order valence-electron chi connectivity index (χ4n) is 1.73. The molecule has 0 aliphatic rings. The number of carbonyl (C=O) groups is 1. The van der Waals surface area contributed by atoms with Gasteiger partial charge in [0.05, 0.1) is 10.5 Å². The van der Waals surface area contributed by atoms with Crippen LogP contribution in [0.5, 0.6) is 0 Å². The van der Waals surface area contributed by atoms with Crippen LogP contribution in [0.2, 0.25) is 0 Å². The van der Waals surface area contributed by atoms with E-state index in [1.165, 1.54) is 13.0 Å². The van der Waals surface area contributed by atoms with E-state index in [9.17, 15) is 14.9 Å². The first-order chi connectivity index (χ1) is 8.62. The molecule has 0 fully saturated rings. The summed E-state index contributed by atoms with van der Waals surface area (Å²) in [6, 6.07) is 4.69. The fourth-order valence-corrected chi connectivity index (χ4v) is 1.73. The van der Waals surface area contributed by atoms with Gasteiger partial charge in [-0.3, -0.25) is 10.1 Å². The summed E-state index contributed by atoms with van der Waals surface area (Å²) in [6.45, 7) is 7.39. The molecule has 1 unspecified atom stereocenters. The molecule has 0 bridgehead atoms. The van der Waals surface area contributed by atoms with Crippen molar-refractivity contribution in [3.05, 3.63) is 39.4 Å². The number of hydrogen-bond acceptors (Lipinski definition) is 4. The van der Waals surface area contributed by atoms with Crippen molar-refractivity contribution in [2.75, 3.05) is 0 Å². The summed E-state index contributed by atoms with van der Waals surface area (Å²) in [4.78, 5) is 21.0. The van der Waals surface area contributed by atoms with E-state index in [1.807, 2.05) is 20.8 Å². The first-order valence-corrected chi connectivity index (χ1v) is 5.81. The Morgan fingerprint density at radius 2 is 2.00 bits per heavy atom. The zero-order valence-corrected chi connectivity index (χ0v) is 11.3. The Hall–Kier alpha value is -2.11. The molecule has 1 rings (SSSR count). The van der Waals surface area contributed by atoms with Gasteiger partial charge in [-0.25, -0.2) is 4.79 Å². The molecule has 104 valence electrons. The van der Waals surface area contributed by atoms with Gasteiger partial charge in [-0.05, 0) is 24.0 Å². The Morgan fingerprint density at radius 3 is 2.42 bits per heavy atom. The normalized spacial score (nSPS) is 12.8. The van der Waals surface area contributed by atoms with Crippen molar-refractivity contribution in [1.82, 2.24) is 0 Å². The SMILES string of the molecule is CC(OC(=O)O)c1cc(C(C)(C)C)ccc1[N+](=O)[O-]. The van der Waals surface area contributed by atoms with Crippen LogP contribution in [0.3, 0.4) is 0 Å². The monoisotopic (exact) mass is 267 g/mol. The van der Waals surface area contributed by atoms with E-state index in [4.69, 9.17) is 5.11 Å². The van der Waals surface area contributed by atoms with Crippen molar-refractivity contribution >= 4 is 11.8 Å². The zero-order valence-electron chi connectivity index (χ0n) is 11.3. The summed E-state index contributed by atoms with van der Waals surface area (Å²) in [6.07, 6.45) is -2.34. The summed E-state index contributed by atoms with van der Waals surface area (Å²) in [5, 5.41) is 19.6. The van der Waals surface area contributed by atoms with Crippen molar-refractivity contribution in [1.29, 1.82) is 0 Å². The molecule has 0 saturated carbocycles. The lowest BCUT2D eigenvalue weighted by Gasteiger charge is -2.21. The first kappa shape index (κ1) is 14.9. The van der Waals surface area contributed by atoms with E-state index < -0.39 is 17.2 Å². The van der Waals surface area contributed by atoms with Gasteiger partial charge in [-0.1, -0.05) is 26.8 Å². The van der Waals surface area contributed by atoms with Crippen LogP contribution in [0.1, 0.15) is 44.9 Å². The van der Waals surface area contributed by atoms with Gasteiger partial charge in [0, 0.05) is 6.07 Å². The Kier molecular flexibility index (Phi) is 4.14. The molecular formula is C13H17NO5. The molecule has 0 heterocycles. The minimum absolute atomic E-state index is 0.137. The summed E-state index contributed by atoms with van der Waals surface area (Å²) >= 11 is 0. The van der Waals surface area contributed by atoms with E-state index in [0.29, 0.717) is 0 Å². The molecule has 6 nitrogen and oxygen atoms in total. The highest BCUT2D eigenvalue weighted by molar-refractivity contribution is 5.58. The van der Waals surface area contributed by atoms with Gasteiger partial charge in [0.15, 0.2) is 0 Å². The van der Waals surface area contributed by atoms with E-state index in [2.05, 4.69) is 4.74 Å². The molecule has 19 heavy (non-hydrogen) atoms. The number of carboxylic acid groups (broad SMARTS) is 1. The Balaban J connectivity index is 3.31. The van der Waals surface area contributed by atoms with Crippen LogP contribution in [0.4, 0.5) is 10.5 Å². The highest BCUT2D eigenvalue weighted by Gasteiger charge is 2.25. The van der Waals surface area contributed by atoms with Gasteiger partial charge >= 0.3 is 6.16 Å². The van der Waals surface area contributed by atoms with Gasteiger partial charge in [0.25, 0.3) is 5.69 Å². The molecule has 0 amide bonds. The molecule has 0 saturated heterocycles. The minimum atomic E-state index is -1.46. The second-order valence-corrected chi connectivity index (χ2v) is 5.31. The number of hydrogen-bond donors (Lipinski definition) is 1. The predicted octanol–water partition coefficient (Wildman–Crippen LogP) is 3.65. The molecule has 0 aliphatic carbocycles. The third kappa shape index (κ3) is 3.67. The standard InChI is InChI=1S/C13H17NO5/c1-8(19-12(15)16)10-7-9(13(2,3)4)5-6-11(10)14(17)18/h5-8H,1-4H3,(H,15,16). The van der Waals surface area contributed by atoms with Gasteiger partial charge in [-0.2, -0.15) is 0 Å². The largest absolute Gasteiger partial charge is 0.506 e. The number of nitro benzene ring substituents is 1. The molecule has 0 spiro atoms. The van der Waals surface area contributed by atoms with Crippen molar-refractivity contribution in [2.45, 2.75) is 39.2 Å². The van der Waals surface area contributed by atoms with E-state index in [0.717, 1.165) is 5.56 Å². The number of nitrogens with zero attached hydrogens (tertiary/aromatic N) is 1. The molecule has 0 aromatic heterocycles. The minimum Gasteiger partial charge on any atom is -0.450 e. The van der Waals surface area contributed by atoms with E-state index in [1.54, 1.807) is 12.1 Å². The molecule has 1 atom stereocenters. The molecule has 0 aliphatic heterocycles. The first-order valence-electron chi connectivity index (χ1n) is 5.81. The third-order valence-corrected chi connectivity index (χ3v) is 2.81. The Morgan fingerprint density at radius 1 is 1.42 bits per heavy atom. The quantitative estimate of drug-likeness (QED) is 0.513. The Bertz CT molecular complexity index is 504. The average molecular weight is 267 g/mol. The van der Waals surface area contributed by atoms with Gasteiger partial charge in [0.1, 0.15) is 6.10 Å². The Labute approximate surface area is 111 Å². The van der Waals surface area contributed by atoms with Gasteiger partial charge in [-0.15, -0.1) is 0 Å². The third-order valence-electron chi connectivity index (χ3n) is 2.81. The predicted molar refractivity (Wildman–Crippen MR) is 69.3 cm³/mol. The van der Waals surface area contributed by atoms with E-state index in [-0.39, 0.29) is 16.7 Å². The topological polar surface area (TPSA) is 89.7 Å². The maximum atomic E-state index is 11.0.